The van der Waals surface area contributed by atoms with Crippen molar-refractivity contribution in [2.24, 2.45) is 0 Å². The van der Waals surface area contributed by atoms with Gasteiger partial charge in [0.25, 0.3) is 0 Å². The quantitative estimate of drug-likeness (QED) is 0.894. The van der Waals surface area contributed by atoms with E-state index in [1.807, 2.05) is 0 Å². The number of benzene rings is 1. The van der Waals surface area contributed by atoms with Crippen LogP contribution in [0.3, 0.4) is 0 Å². The first-order valence-electron chi connectivity index (χ1n) is 6.58. The smallest absolute Gasteiger partial charge is 0.0381 e. The third-order valence-corrected chi connectivity index (χ3v) is 4.13. The molecule has 0 saturated carbocycles. The normalized spacial score (nSPS) is 20.9. The largest absolute Gasteiger partial charge is 0.385 e. The SMILES string of the molecule is Cc1ccc(Br)cc1NCCC1CNCCN1C. The van der Waals surface area contributed by atoms with Crippen LogP contribution in [0.25, 0.3) is 0 Å². The monoisotopic (exact) mass is 311 g/mol. The van der Waals surface area contributed by atoms with E-state index in [4.69, 9.17) is 0 Å². The first-order chi connectivity index (χ1) is 8.66. The Morgan fingerprint density at radius 1 is 1.50 bits per heavy atom. The molecule has 2 N–H and O–H groups in total. The van der Waals surface area contributed by atoms with Crippen molar-refractivity contribution in [2.45, 2.75) is 19.4 Å². The molecule has 1 atom stereocenters. The van der Waals surface area contributed by atoms with Gasteiger partial charge in [0, 0.05) is 42.4 Å². The van der Waals surface area contributed by atoms with Gasteiger partial charge in [-0.3, -0.25) is 0 Å². The van der Waals surface area contributed by atoms with Gasteiger partial charge in [-0.25, -0.2) is 0 Å². The topological polar surface area (TPSA) is 27.3 Å². The number of aryl methyl sites for hydroxylation is 1. The van der Waals surface area contributed by atoms with Gasteiger partial charge in [-0.2, -0.15) is 0 Å². The second-order valence-corrected chi connectivity index (χ2v) is 5.93. The van der Waals surface area contributed by atoms with Crippen LogP contribution in [-0.4, -0.2) is 44.2 Å². The molecule has 3 nitrogen and oxygen atoms in total. The zero-order valence-electron chi connectivity index (χ0n) is 11.2. The van der Waals surface area contributed by atoms with Crippen molar-refractivity contribution < 1.29 is 0 Å². The highest BCUT2D eigenvalue weighted by molar-refractivity contribution is 9.10. The summed E-state index contributed by atoms with van der Waals surface area (Å²) in [6.07, 6.45) is 1.18. The van der Waals surface area contributed by atoms with Crippen molar-refractivity contribution in [1.29, 1.82) is 0 Å². The maximum absolute atomic E-state index is 3.54. The molecule has 1 aliphatic rings. The number of rotatable bonds is 4. The molecule has 1 unspecified atom stereocenters. The van der Waals surface area contributed by atoms with Crippen LogP contribution in [-0.2, 0) is 0 Å². The highest BCUT2D eigenvalue weighted by Gasteiger charge is 2.17. The Morgan fingerprint density at radius 3 is 3.11 bits per heavy atom. The third-order valence-electron chi connectivity index (χ3n) is 3.64. The van der Waals surface area contributed by atoms with E-state index < -0.39 is 0 Å². The minimum absolute atomic E-state index is 0.652. The van der Waals surface area contributed by atoms with E-state index in [-0.39, 0.29) is 0 Å². The molecule has 18 heavy (non-hydrogen) atoms. The summed E-state index contributed by atoms with van der Waals surface area (Å²) in [5.41, 5.74) is 2.53. The van der Waals surface area contributed by atoms with Crippen LogP contribution in [0.15, 0.2) is 22.7 Å². The Morgan fingerprint density at radius 2 is 2.33 bits per heavy atom. The number of piperazine rings is 1. The van der Waals surface area contributed by atoms with E-state index in [1.54, 1.807) is 0 Å². The van der Waals surface area contributed by atoms with Crippen LogP contribution in [0.4, 0.5) is 5.69 Å². The van der Waals surface area contributed by atoms with Crippen LogP contribution in [0.1, 0.15) is 12.0 Å². The maximum Gasteiger partial charge on any atom is 0.0381 e. The molecule has 100 valence electrons. The lowest BCUT2D eigenvalue weighted by atomic mass is 10.1. The number of anilines is 1. The Balaban J connectivity index is 1.82. The standard InChI is InChI=1S/C14H22BrN3/c1-11-3-4-12(15)9-14(11)17-6-5-13-10-16-7-8-18(13)2/h3-4,9,13,16-17H,5-8,10H2,1-2H3. The molecule has 0 amide bonds. The van der Waals surface area contributed by atoms with Crippen molar-refractivity contribution >= 4 is 21.6 Å². The molecule has 2 rings (SSSR count). The van der Waals surface area contributed by atoms with Crippen molar-refractivity contribution in [3.05, 3.63) is 28.2 Å². The summed E-state index contributed by atoms with van der Waals surface area (Å²) in [5.74, 6) is 0. The predicted molar refractivity (Wildman–Crippen MR) is 81.3 cm³/mol. The second kappa shape index (κ2) is 6.55. The summed E-state index contributed by atoms with van der Waals surface area (Å²) in [6, 6.07) is 7.02. The average molecular weight is 312 g/mol. The summed E-state index contributed by atoms with van der Waals surface area (Å²) in [4.78, 5) is 2.45. The van der Waals surface area contributed by atoms with E-state index in [1.165, 1.54) is 17.7 Å². The van der Waals surface area contributed by atoms with Gasteiger partial charge in [0.2, 0.25) is 0 Å². The fourth-order valence-electron chi connectivity index (χ4n) is 2.34. The van der Waals surface area contributed by atoms with Crippen LogP contribution in [0.5, 0.6) is 0 Å². The predicted octanol–water partition coefficient (Wildman–Crippen LogP) is 2.46. The average Bonchev–Trinajstić information content (AvgIpc) is 2.36. The van der Waals surface area contributed by atoms with Crippen molar-refractivity contribution in [3.63, 3.8) is 0 Å². The van der Waals surface area contributed by atoms with E-state index >= 15 is 0 Å². The summed E-state index contributed by atoms with van der Waals surface area (Å²) in [5, 5.41) is 6.99. The Labute approximate surface area is 118 Å². The lowest BCUT2D eigenvalue weighted by molar-refractivity contribution is 0.194. The van der Waals surface area contributed by atoms with Crippen molar-refractivity contribution in [1.82, 2.24) is 10.2 Å². The van der Waals surface area contributed by atoms with E-state index in [0.717, 1.165) is 30.7 Å². The second-order valence-electron chi connectivity index (χ2n) is 5.01. The zero-order valence-corrected chi connectivity index (χ0v) is 12.8. The number of hydrogen-bond donors (Lipinski definition) is 2. The fourth-order valence-corrected chi connectivity index (χ4v) is 2.70. The molecular formula is C14H22BrN3. The number of nitrogens with zero attached hydrogens (tertiary/aromatic N) is 1. The third kappa shape index (κ3) is 3.70. The van der Waals surface area contributed by atoms with Gasteiger partial charge in [0.15, 0.2) is 0 Å². The molecule has 0 aromatic heterocycles. The molecule has 1 aromatic rings. The van der Waals surface area contributed by atoms with Gasteiger partial charge in [-0.1, -0.05) is 22.0 Å². The molecule has 1 aromatic carbocycles. The van der Waals surface area contributed by atoms with E-state index in [2.05, 4.69) is 63.6 Å². The summed E-state index contributed by atoms with van der Waals surface area (Å²) >= 11 is 3.52. The minimum atomic E-state index is 0.652. The maximum atomic E-state index is 3.54. The van der Waals surface area contributed by atoms with Gasteiger partial charge in [0.05, 0.1) is 0 Å². The number of likely N-dealkylation sites (N-methyl/N-ethyl adjacent to an activating group) is 1. The zero-order chi connectivity index (χ0) is 13.0. The van der Waals surface area contributed by atoms with Gasteiger partial charge in [-0.15, -0.1) is 0 Å². The summed E-state index contributed by atoms with van der Waals surface area (Å²) in [6.45, 7) is 6.54. The van der Waals surface area contributed by atoms with Crippen molar-refractivity contribution in [2.75, 3.05) is 38.5 Å². The Hall–Kier alpha value is -0.580. The number of halogens is 1. The molecule has 0 spiro atoms. The highest BCUT2D eigenvalue weighted by atomic mass is 79.9. The summed E-state index contributed by atoms with van der Waals surface area (Å²) < 4.78 is 1.13. The first-order valence-corrected chi connectivity index (χ1v) is 7.37. The number of hydrogen-bond acceptors (Lipinski definition) is 3. The molecule has 1 heterocycles. The van der Waals surface area contributed by atoms with E-state index in [9.17, 15) is 0 Å². The van der Waals surface area contributed by atoms with Crippen LogP contribution in [0.2, 0.25) is 0 Å². The Bertz CT molecular complexity index is 395. The van der Waals surface area contributed by atoms with Crippen LogP contribution < -0.4 is 10.6 Å². The molecule has 0 bridgehead atoms. The lowest BCUT2D eigenvalue weighted by Crippen LogP contribution is -2.49. The summed E-state index contributed by atoms with van der Waals surface area (Å²) in [7, 11) is 2.22. The van der Waals surface area contributed by atoms with Crippen LogP contribution >= 0.6 is 15.9 Å². The lowest BCUT2D eigenvalue weighted by Gasteiger charge is -2.33. The molecule has 0 aliphatic carbocycles. The Kier molecular flexibility index (Phi) is 5.03. The first kappa shape index (κ1) is 13.8. The molecular weight excluding hydrogens is 290 g/mol. The van der Waals surface area contributed by atoms with Gasteiger partial charge in [0.1, 0.15) is 0 Å². The number of nitrogens with one attached hydrogen (secondary N) is 2. The van der Waals surface area contributed by atoms with E-state index in [0.29, 0.717) is 6.04 Å². The molecule has 1 fully saturated rings. The highest BCUT2D eigenvalue weighted by Crippen LogP contribution is 2.20. The fraction of sp³-hybridized carbons (Fsp3) is 0.571. The minimum Gasteiger partial charge on any atom is -0.385 e. The van der Waals surface area contributed by atoms with Crippen LogP contribution in [0, 0.1) is 6.92 Å². The molecule has 1 aliphatic heterocycles. The molecule has 0 radical (unpaired) electrons. The van der Waals surface area contributed by atoms with Gasteiger partial charge in [-0.05, 0) is 38.1 Å². The van der Waals surface area contributed by atoms with Gasteiger partial charge < -0.3 is 15.5 Å². The van der Waals surface area contributed by atoms with Gasteiger partial charge >= 0.3 is 0 Å². The molecule has 1 saturated heterocycles. The molecule has 4 heteroatoms. The van der Waals surface area contributed by atoms with Crippen molar-refractivity contribution in [3.8, 4) is 0 Å².